The van der Waals surface area contributed by atoms with E-state index in [-0.39, 0.29) is 11.1 Å². The first-order valence-corrected chi connectivity index (χ1v) is 7.65. The van der Waals surface area contributed by atoms with Crippen molar-refractivity contribution in [3.63, 3.8) is 0 Å². The number of benzene rings is 1. The Balaban J connectivity index is 2.11. The Morgan fingerprint density at radius 3 is 2.89 bits per heavy atom. The monoisotopic (exact) mass is 357 g/mol. The number of oxazole rings is 1. The summed E-state index contributed by atoms with van der Waals surface area (Å²) in [6.07, 6.45) is 0. The van der Waals surface area contributed by atoms with E-state index in [9.17, 15) is 4.79 Å². The molecule has 1 unspecified atom stereocenters. The molecule has 1 atom stereocenters. The van der Waals surface area contributed by atoms with Gasteiger partial charge in [-0.25, -0.2) is 4.79 Å². The molecule has 19 heavy (non-hydrogen) atoms. The summed E-state index contributed by atoms with van der Waals surface area (Å²) in [6.45, 7) is 0. The minimum absolute atomic E-state index is 0.260. The molecule has 3 nitrogen and oxygen atoms in total. The van der Waals surface area contributed by atoms with Gasteiger partial charge in [-0.05, 0) is 45.1 Å². The molecule has 2 aromatic heterocycles. The molecular weight excluding hydrogens is 350 g/mol. The third kappa shape index (κ3) is 2.16. The van der Waals surface area contributed by atoms with Crippen molar-refractivity contribution in [3.8, 4) is 0 Å². The van der Waals surface area contributed by atoms with Gasteiger partial charge in [-0.3, -0.25) is 4.57 Å². The first-order valence-electron chi connectivity index (χ1n) is 5.54. The van der Waals surface area contributed by atoms with Crippen LogP contribution in [0.3, 0.4) is 0 Å². The maximum atomic E-state index is 11.5. The van der Waals surface area contributed by atoms with E-state index in [1.165, 1.54) is 4.57 Å². The van der Waals surface area contributed by atoms with Gasteiger partial charge in [-0.1, -0.05) is 6.07 Å². The molecule has 3 rings (SSSR count). The highest BCUT2D eigenvalue weighted by molar-refractivity contribution is 9.10. The zero-order valence-corrected chi connectivity index (χ0v) is 13.1. The van der Waals surface area contributed by atoms with Crippen molar-refractivity contribution in [1.29, 1.82) is 0 Å². The Hall–Kier alpha value is -1.04. The van der Waals surface area contributed by atoms with E-state index in [0.717, 1.165) is 20.4 Å². The molecule has 6 heteroatoms. The molecule has 0 amide bonds. The Kier molecular flexibility index (Phi) is 3.28. The number of aromatic nitrogens is 1. The number of aryl methyl sites for hydroxylation is 1. The zero-order chi connectivity index (χ0) is 13.6. The minimum atomic E-state index is -0.365. The van der Waals surface area contributed by atoms with Crippen molar-refractivity contribution in [3.05, 3.63) is 55.1 Å². The standard InChI is InChI=1S/C13H9BrClNO2S/c1-16-9-3-2-7(6-10(9)18-13(16)17)11(15)12-8(14)4-5-19-12/h2-6,11H,1H3. The lowest BCUT2D eigenvalue weighted by molar-refractivity contribution is 0.528. The molecule has 0 N–H and O–H groups in total. The summed E-state index contributed by atoms with van der Waals surface area (Å²) < 4.78 is 7.65. The van der Waals surface area contributed by atoms with E-state index in [1.807, 2.05) is 29.6 Å². The first-order chi connectivity index (χ1) is 9.08. The van der Waals surface area contributed by atoms with Crippen molar-refractivity contribution in [1.82, 2.24) is 4.57 Å². The molecule has 3 aromatic rings. The predicted molar refractivity (Wildman–Crippen MR) is 81.2 cm³/mol. The Morgan fingerprint density at radius 1 is 1.42 bits per heavy atom. The molecular formula is C13H9BrClNO2S. The van der Waals surface area contributed by atoms with Crippen LogP contribution in [0.15, 0.2) is 43.3 Å². The minimum Gasteiger partial charge on any atom is -0.408 e. The van der Waals surface area contributed by atoms with Gasteiger partial charge in [0.2, 0.25) is 0 Å². The number of fused-ring (bicyclic) bond motifs is 1. The Bertz CT molecular complexity index is 804. The third-order valence-electron chi connectivity index (χ3n) is 2.98. The van der Waals surface area contributed by atoms with Gasteiger partial charge in [-0.2, -0.15) is 0 Å². The second-order valence-corrected chi connectivity index (χ2v) is 6.39. The molecule has 98 valence electrons. The highest BCUT2D eigenvalue weighted by Gasteiger charge is 2.17. The lowest BCUT2D eigenvalue weighted by atomic mass is 10.1. The van der Waals surface area contributed by atoms with Gasteiger partial charge in [-0.15, -0.1) is 22.9 Å². The van der Waals surface area contributed by atoms with Crippen molar-refractivity contribution in [2.24, 2.45) is 7.05 Å². The van der Waals surface area contributed by atoms with E-state index in [4.69, 9.17) is 16.0 Å². The maximum absolute atomic E-state index is 11.5. The van der Waals surface area contributed by atoms with Crippen LogP contribution in [0.2, 0.25) is 0 Å². The van der Waals surface area contributed by atoms with Crippen molar-refractivity contribution in [2.45, 2.75) is 5.38 Å². The van der Waals surface area contributed by atoms with Gasteiger partial charge < -0.3 is 4.42 Å². The van der Waals surface area contributed by atoms with Crippen LogP contribution in [-0.2, 0) is 7.05 Å². The molecule has 1 aromatic carbocycles. The summed E-state index contributed by atoms with van der Waals surface area (Å²) in [7, 11) is 1.68. The number of hydrogen-bond donors (Lipinski definition) is 0. The summed E-state index contributed by atoms with van der Waals surface area (Å²) in [4.78, 5) is 12.5. The van der Waals surface area contributed by atoms with E-state index in [2.05, 4.69) is 15.9 Å². The fourth-order valence-electron chi connectivity index (χ4n) is 1.95. The highest BCUT2D eigenvalue weighted by Crippen LogP contribution is 2.38. The summed E-state index contributed by atoms with van der Waals surface area (Å²) in [5, 5.41) is 1.72. The quantitative estimate of drug-likeness (QED) is 0.641. The van der Waals surface area contributed by atoms with Crippen molar-refractivity contribution >= 4 is 50.0 Å². The molecule has 2 heterocycles. The Morgan fingerprint density at radius 2 is 2.21 bits per heavy atom. The molecule has 0 aliphatic rings. The average Bonchev–Trinajstić information content (AvgIpc) is 2.93. The summed E-state index contributed by atoms with van der Waals surface area (Å²) in [5.41, 5.74) is 2.23. The fourth-order valence-corrected chi connectivity index (χ4v) is 4.09. The summed E-state index contributed by atoms with van der Waals surface area (Å²) >= 11 is 11.5. The number of halogens is 2. The molecule has 0 saturated carbocycles. The molecule has 0 aliphatic heterocycles. The highest BCUT2D eigenvalue weighted by atomic mass is 79.9. The van der Waals surface area contributed by atoms with E-state index >= 15 is 0 Å². The SMILES string of the molecule is Cn1c(=O)oc2cc(C(Cl)c3sccc3Br)ccc21. The second kappa shape index (κ2) is 4.81. The van der Waals surface area contributed by atoms with E-state index in [0.29, 0.717) is 5.58 Å². The normalized spacial score (nSPS) is 13.0. The maximum Gasteiger partial charge on any atom is 0.419 e. The number of hydrogen-bond acceptors (Lipinski definition) is 3. The van der Waals surface area contributed by atoms with Gasteiger partial charge >= 0.3 is 5.76 Å². The molecule has 0 bridgehead atoms. The fraction of sp³-hybridized carbons (Fsp3) is 0.154. The summed E-state index contributed by atoms with van der Waals surface area (Å²) in [5.74, 6) is -0.365. The zero-order valence-electron chi connectivity index (χ0n) is 9.89. The number of nitrogens with zero attached hydrogens (tertiary/aromatic N) is 1. The number of rotatable bonds is 2. The van der Waals surface area contributed by atoms with Crippen LogP contribution in [0.1, 0.15) is 15.8 Å². The third-order valence-corrected chi connectivity index (χ3v) is 5.52. The van der Waals surface area contributed by atoms with Crippen molar-refractivity contribution < 1.29 is 4.42 Å². The largest absolute Gasteiger partial charge is 0.419 e. The van der Waals surface area contributed by atoms with Crippen LogP contribution in [0.5, 0.6) is 0 Å². The first kappa shape index (κ1) is 13.0. The van der Waals surface area contributed by atoms with Gasteiger partial charge in [0.25, 0.3) is 0 Å². The van der Waals surface area contributed by atoms with Gasteiger partial charge in [0, 0.05) is 16.4 Å². The molecule has 0 aliphatic carbocycles. The topological polar surface area (TPSA) is 35.1 Å². The second-order valence-electron chi connectivity index (χ2n) is 4.15. The lowest BCUT2D eigenvalue weighted by Crippen LogP contribution is -2.08. The van der Waals surface area contributed by atoms with Gasteiger partial charge in [0.05, 0.1) is 10.9 Å². The molecule has 0 saturated heterocycles. The van der Waals surface area contributed by atoms with Crippen LogP contribution < -0.4 is 5.76 Å². The number of thiophene rings is 1. The van der Waals surface area contributed by atoms with Crippen LogP contribution in [0.25, 0.3) is 11.1 Å². The van der Waals surface area contributed by atoms with Crippen LogP contribution in [-0.4, -0.2) is 4.57 Å². The molecule has 0 spiro atoms. The van der Waals surface area contributed by atoms with Crippen LogP contribution in [0.4, 0.5) is 0 Å². The number of alkyl halides is 1. The smallest absolute Gasteiger partial charge is 0.408 e. The average molecular weight is 359 g/mol. The molecule has 0 fully saturated rings. The Labute approximate surface area is 126 Å². The van der Waals surface area contributed by atoms with Crippen LogP contribution in [0, 0.1) is 0 Å². The summed E-state index contributed by atoms with van der Waals surface area (Å²) in [6, 6.07) is 7.56. The van der Waals surface area contributed by atoms with Crippen molar-refractivity contribution in [2.75, 3.05) is 0 Å². The van der Waals surface area contributed by atoms with Crippen LogP contribution >= 0.6 is 38.9 Å². The predicted octanol–water partition coefficient (Wildman–Crippen LogP) is 4.28. The lowest BCUT2D eigenvalue weighted by Gasteiger charge is -2.08. The molecule has 0 radical (unpaired) electrons. The van der Waals surface area contributed by atoms with E-state index in [1.54, 1.807) is 18.4 Å². The van der Waals surface area contributed by atoms with E-state index < -0.39 is 0 Å². The van der Waals surface area contributed by atoms with Gasteiger partial charge in [0.15, 0.2) is 5.58 Å². The van der Waals surface area contributed by atoms with Gasteiger partial charge in [0.1, 0.15) is 0 Å².